The summed E-state index contributed by atoms with van der Waals surface area (Å²) in [6, 6.07) is 2.43. The van der Waals surface area contributed by atoms with Gasteiger partial charge >= 0.3 is 0 Å². The van der Waals surface area contributed by atoms with Crippen LogP contribution in [-0.4, -0.2) is 61.4 Å². The molecular weight excluding hydrogens is 308 g/mol. The van der Waals surface area contributed by atoms with Crippen molar-refractivity contribution < 1.29 is 18.8 Å². The van der Waals surface area contributed by atoms with E-state index in [2.05, 4.69) is 23.9 Å². The fraction of sp³-hybridized carbons (Fsp3) is 0.778. The third-order valence-electron chi connectivity index (χ3n) is 5.20. The molecule has 6 heteroatoms. The molecule has 0 bridgehead atoms. The van der Waals surface area contributed by atoms with Crippen molar-refractivity contribution in [2.75, 3.05) is 33.5 Å². The largest absolute Gasteiger partial charge is 0.384 e. The minimum atomic E-state index is -0.218. The van der Waals surface area contributed by atoms with Gasteiger partial charge in [-0.05, 0) is 19.3 Å². The summed E-state index contributed by atoms with van der Waals surface area (Å²) in [6.07, 6.45) is 3.33. The molecule has 0 spiro atoms. The molecule has 0 N–H and O–H groups in total. The molecular formula is C18H28N2O4. The van der Waals surface area contributed by atoms with Gasteiger partial charge in [0.05, 0.1) is 24.8 Å². The van der Waals surface area contributed by atoms with Gasteiger partial charge in [-0.2, -0.15) is 0 Å². The Bertz CT molecular complexity index is 563. The maximum atomic E-state index is 12.6. The van der Waals surface area contributed by atoms with Gasteiger partial charge < -0.3 is 14.0 Å². The van der Waals surface area contributed by atoms with Crippen LogP contribution >= 0.6 is 0 Å². The second-order valence-electron chi connectivity index (χ2n) is 7.52. The second kappa shape index (κ2) is 7.33. The van der Waals surface area contributed by atoms with Crippen LogP contribution in [0.4, 0.5) is 0 Å². The van der Waals surface area contributed by atoms with Gasteiger partial charge in [-0.25, -0.2) is 0 Å². The highest BCUT2D eigenvalue weighted by molar-refractivity contribution is 5.86. The molecule has 0 unspecified atom stereocenters. The fourth-order valence-electron chi connectivity index (χ4n) is 3.65. The third-order valence-corrected chi connectivity index (χ3v) is 5.20. The Morgan fingerprint density at radius 1 is 1.38 bits per heavy atom. The summed E-state index contributed by atoms with van der Waals surface area (Å²) in [7, 11) is 1.67. The van der Waals surface area contributed by atoms with E-state index in [-0.39, 0.29) is 17.2 Å². The van der Waals surface area contributed by atoms with Crippen molar-refractivity contribution in [3.8, 4) is 0 Å². The molecule has 0 radical (unpaired) electrons. The van der Waals surface area contributed by atoms with Crippen LogP contribution in [0.15, 0.2) is 10.6 Å². The molecule has 1 aromatic rings. The van der Waals surface area contributed by atoms with E-state index in [1.165, 1.54) is 0 Å². The van der Waals surface area contributed by atoms with E-state index in [4.69, 9.17) is 14.0 Å². The quantitative estimate of drug-likeness (QED) is 0.758. The molecule has 0 aliphatic carbocycles. The van der Waals surface area contributed by atoms with E-state index in [1.54, 1.807) is 7.11 Å². The van der Waals surface area contributed by atoms with Crippen molar-refractivity contribution in [3.63, 3.8) is 0 Å². The Labute approximate surface area is 143 Å². The third kappa shape index (κ3) is 3.71. The Hall–Kier alpha value is -1.24. The van der Waals surface area contributed by atoms with E-state index >= 15 is 0 Å². The zero-order valence-electron chi connectivity index (χ0n) is 14.9. The van der Waals surface area contributed by atoms with Crippen LogP contribution < -0.4 is 0 Å². The Kier molecular flexibility index (Phi) is 5.37. The van der Waals surface area contributed by atoms with Crippen molar-refractivity contribution in [2.24, 2.45) is 0 Å². The first-order chi connectivity index (χ1) is 11.5. The molecule has 0 aromatic carbocycles. The standard InChI is InChI=1S/C18H28N2O4/c1-18(2,12-22-3)17-11-14(24-19-17)10-16(21)15-4-7-20(15)13-5-8-23-9-6-13/h11,13,15H,4-10,12H2,1-3H3/t15-/m0/s1. The highest BCUT2D eigenvalue weighted by atomic mass is 16.5. The summed E-state index contributed by atoms with van der Waals surface area (Å²) in [6.45, 7) is 7.30. The second-order valence-corrected chi connectivity index (χ2v) is 7.52. The number of rotatable bonds is 7. The number of ketones is 1. The number of hydrogen-bond acceptors (Lipinski definition) is 6. The highest BCUT2D eigenvalue weighted by Crippen LogP contribution is 2.28. The van der Waals surface area contributed by atoms with E-state index in [9.17, 15) is 4.79 Å². The number of methoxy groups -OCH3 is 1. The smallest absolute Gasteiger partial charge is 0.157 e. The number of nitrogens with zero attached hydrogens (tertiary/aromatic N) is 2. The van der Waals surface area contributed by atoms with Crippen LogP contribution in [0.5, 0.6) is 0 Å². The first-order valence-corrected chi connectivity index (χ1v) is 8.82. The fourth-order valence-corrected chi connectivity index (χ4v) is 3.65. The molecule has 134 valence electrons. The van der Waals surface area contributed by atoms with Gasteiger partial charge in [0.2, 0.25) is 0 Å². The lowest BCUT2D eigenvalue weighted by Crippen LogP contribution is -2.58. The molecule has 2 aliphatic rings. The van der Waals surface area contributed by atoms with Crippen molar-refractivity contribution in [1.82, 2.24) is 10.1 Å². The summed E-state index contributed by atoms with van der Waals surface area (Å²) < 4.78 is 16.1. The molecule has 2 fully saturated rings. The van der Waals surface area contributed by atoms with Crippen molar-refractivity contribution in [1.29, 1.82) is 0 Å². The predicted molar refractivity (Wildman–Crippen MR) is 89.1 cm³/mol. The molecule has 1 aromatic heterocycles. The minimum absolute atomic E-state index is 0.0358. The van der Waals surface area contributed by atoms with Gasteiger partial charge in [0.15, 0.2) is 5.78 Å². The van der Waals surface area contributed by atoms with Crippen molar-refractivity contribution in [2.45, 2.75) is 57.0 Å². The monoisotopic (exact) mass is 336 g/mol. The lowest BCUT2D eigenvalue weighted by atomic mass is 9.89. The summed E-state index contributed by atoms with van der Waals surface area (Å²) in [5.74, 6) is 0.887. The number of Topliss-reactive ketones (excluding diaryl/α,β-unsaturated/α-hetero) is 1. The van der Waals surface area contributed by atoms with Gasteiger partial charge in [-0.15, -0.1) is 0 Å². The highest BCUT2D eigenvalue weighted by Gasteiger charge is 2.39. The van der Waals surface area contributed by atoms with Gasteiger partial charge in [0.1, 0.15) is 5.76 Å². The number of carbonyl (C=O) groups excluding carboxylic acids is 1. The van der Waals surface area contributed by atoms with E-state index in [0.29, 0.717) is 24.8 Å². The van der Waals surface area contributed by atoms with Gasteiger partial charge in [-0.1, -0.05) is 19.0 Å². The lowest BCUT2D eigenvalue weighted by Gasteiger charge is -2.46. The van der Waals surface area contributed by atoms with Crippen LogP contribution in [0.3, 0.4) is 0 Å². The van der Waals surface area contributed by atoms with Crippen LogP contribution in [-0.2, 0) is 26.1 Å². The summed E-state index contributed by atoms with van der Waals surface area (Å²) in [5, 5.41) is 4.13. The molecule has 1 atom stereocenters. The molecule has 0 amide bonds. The Balaban J connectivity index is 1.58. The van der Waals surface area contributed by atoms with E-state index < -0.39 is 0 Å². The molecule has 0 saturated carbocycles. The number of ether oxygens (including phenoxy) is 2. The SMILES string of the molecule is COCC(C)(C)c1cc(CC(=O)[C@@H]2CCN2C2CCOCC2)on1. The average Bonchev–Trinajstić information content (AvgIpc) is 2.96. The normalized spacial score (nSPS) is 23.2. The van der Waals surface area contributed by atoms with Crippen LogP contribution in [0.25, 0.3) is 0 Å². The number of likely N-dealkylation sites (tertiary alicyclic amines) is 1. The molecule has 6 nitrogen and oxygen atoms in total. The zero-order valence-corrected chi connectivity index (χ0v) is 14.9. The van der Waals surface area contributed by atoms with Crippen molar-refractivity contribution >= 4 is 5.78 Å². The molecule has 3 heterocycles. The number of aromatic nitrogens is 1. The minimum Gasteiger partial charge on any atom is -0.384 e. The summed E-state index contributed by atoms with van der Waals surface area (Å²) in [5.41, 5.74) is 0.617. The Morgan fingerprint density at radius 3 is 2.75 bits per heavy atom. The lowest BCUT2D eigenvalue weighted by molar-refractivity contribution is -0.132. The van der Waals surface area contributed by atoms with E-state index in [1.807, 2.05) is 6.07 Å². The predicted octanol–water partition coefficient (Wildman–Crippen LogP) is 1.96. The number of hydrogen-bond donors (Lipinski definition) is 0. The first-order valence-electron chi connectivity index (χ1n) is 8.82. The first kappa shape index (κ1) is 17.6. The molecule has 2 saturated heterocycles. The molecule has 2 aliphatic heterocycles. The van der Waals surface area contributed by atoms with Gasteiger partial charge in [-0.3, -0.25) is 9.69 Å². The Morgan fingerprint density at radius 2 is 2.12 bits per heavy atom. The zero-order chi connectivity index (χ0) is 17.2. The van der Waals surface area contributed by atoms with Crippen LogP contribution in [0.2, 0.25) is 0 Å². The maximum absolute atomic E-state index is 12.6. The van der Waals surface area contributed by atoms with Crippen LogP contribution in [0.1, 0.15) is 44.6 Å². The summed E-state index contributed by atoms with van der Waals surface area (Å²) in [4.78, 5) is 15.0. The van der Waals surface area contributed by atoms with E-state index in [0.717, 1.165) is 44.7 Å². The average molecular weight is 336 g/mol. The van der Waals surface area contributed by atoms with Gasteiger partial charge in [0, 0.05) is 44.4 Å². The molecule has 24 heavy (non-hydrogen) atoms. The van der Waals surface area contributed by atoms with Crippen LogP contribution in [0, 0.1) is 0 Å². The topological polar surface area (TPSA) is 64.8 Å². The number of carbonyl (C=O) groups is 1. The summed E-state index contributed by atoms with van der Waals surface area (Å²) >= 11 is 0. The molecule has 3 rings (SSSR count). The van der Waals surface area contributed by atoms with Crippen molar-refractivity contribution in [3.05, 3.63) is 17.5 Å². The maximum Gasteiger partial charge on any atom is 0.157 e. The van der Waals surface area contributed by atoms with Gasteiger partial charge in [0.25, 0.3) is 0 Å².